The lowest BCUT2D eigenvalue weighted by Gasteiger charge is -2.15. The SMILES string of the molecule is CC(=O)c1c(C)n([O-])c2cc(F)ccc2[n+]1=O.CC(=O)c1c(C)n([O-])c2ccc(F)cc2[n+]1=O. The maximum absolute atomic E-state index is 13.0. The fourth-order valence-electron chi connectivity index (χ4n) is 3.55. The van der Waals surface area contributed by atoms with E-state index in [9.17, 15) is 38.6 Å². The number of hydrogen-bond acceptors (Lipinski definition) is 6. The fraction of sp³-hybridized carbons (Fsp3) is 0.182. The molecule has 0 aliphatic carbocycles. The number of benzene rings is 2. The maximum Gasteiger partial charge on any atom is 0.324 e. The maximum atomic E-state index is 13.0. The molecule has 4 aromatic rings. The van der Waals surface area contributed by atoms with Gasteiger partial charge in [0.25, 0.3) is 11.0 Å². The molecule has 0 spiro atoms. The number of rotatable bonds is 2. The highest BCUT2D eigenvalue weighted by atomic mass is 19.1. The Kier molecular flexibility index (Phi) is 6.26. The highest BCUT2D eigenvalue weighted by molar-refractivity contribution is 5.93. The Morgan fingerprint density at radius 1 is 0.735 bits per heavy atom. The molecule has 0 N–H and O–H groups in total. The van der Waals surface area contributed by atoms with E-state index in [0.29, 0.717) is 18.3 Å². The third kappa shape index (κ3) is 4.00. The largest absolute Gasteiger partial charge is 0.805 e. The number of aromatic nitrogens is 4. The third-order valence-corrected chi connectivity index (χ3v) is 5.12. The van der Waals surface area contributed by atoms with Crippen molar-refractivity contribution in [1.29, 1.82) is 0 Å². The summed E-state index contributed by atoms with van der Waals surface area (Å²) in [5.41, 5.74) is -0.770. The molecule has 2 aromatic heterocycles. The summed E-state index contributed by atoms with van der Waals surface area (Å²) in [5, 5.41) is 23.6. The highest BCUT2D eigenvalue weighted by Crippen LogP contribution is 2.16. The van der Waals surface area contributed by atoms with Crippen LogP contribution in [0.15, 0.2) is 36.4 Å². The Morgan fingerprint density at radius 3 is 1.71 bits per heavy atom. The van der Waals surface area contributed by atoms with Crippen LogP contribution in [-0.2, 0) is 0 Å². The zero-order valence-corrected chi connectivity index (χ0v) is 18.5. The minimum atomic E-state index is -0.638. The van der Waals surface area contributed by atoms with Crippen molar-refractivity contribution in [3.63, 3.8) is 0 Å². The Hall–Kier alpha value is -4.48. The smallest absolute Gasteiger partial charge is 0.324 e. The standard InChI is InChI=1S/2C11H9FN2O3/c1-6-11(7(2)15)14(17)9-4-3-8(12)5-10(9)13(6)16;1-6-11(7(2)15)14(17)10-5-8(12)3-4-9(10)13(6)16/h2*3-5H,1-2H3. The summed E-state index contributed by atoms with van der Waals surface area (Å²) in [5.74, 6) is -2.29. The van der Waals surface area contributed by atoms with E-state index in [2.05, 4.69) is 0 Å². The molecule has 0 fully saturated rings. The lowest BCUT2D eigenvalue weighted by molar-refractivity contribution is -0.468. The Bertz CT molecular complexity index is 1620. The molecule has 34 heavy (non-hydrogen) atoms. The van der Waals surface area contributed by atoms with Crippen LogP contribution in [0.4, 0.5) is 8.78 Å². The zero-order valence-electron chi connectivity index (χ0n) is 18.5. The van der Waals surface area contributed by atoms with E-state index in [1.165, 1.54) is 39.8 Å². The average Bonchev–Trinajstić information content (AvgIpc) is 2.76. The summed E-state index contributed by atoms with van der Waals surface area (Å²) in [7, 11) is 0. The van der Waals surface area contributed by atoms with Crippen molar-refractivity contribution in [3.05, 3.63) is 91.0 Å². The molecule has 176 valence electrons. The summed E-state index contributed by atoms with van der Waals surface area (Å²) in [4.78, 5) is 46.4. The molecule has 10 nitrogen and oxygen atoms in total. The van der Waals surface area contributed by atoms with Crippen molar-refractivity contribution in [2.75, 3.05) is 0 Å². The summed E-state index contributed by atoms with van der Waals surface area (Å²) in [6, 6.07) is 6.44. The van der Waals surface area contributed by atoms with Gasteiger partial charge in [-0.05, 0) is 32.0 Å². The van der Waals surface area contributed by atoms with Gasteiger partial charge < -0.3 is 19.9 Å². The molecule has 4 rings (SSSR count). The Balaban J connectivity index is 0.000000191. The lowest BCUT2D eigenvalue weighted by Crippen LogP contribution is -2.29. The predicted molar refractivity (Wildman–Crippen MR) is 118 cm³/mol. The van der Waals surface area contributed by atoms with Crippen molar-refractivity contribution in [1.82, 2.24) is 9.46 Å². The summed E-state index contributed by atoms with van der Waals surface area (Å²) >= 11 is 0. The number of hydrogen-bond donors (Lipinski definition) is 0. The first-order chi connectivity index (χ1) is 15.9. The van der Waals surface area contributed by atoms with Crippen molar-refractivity contribution in [2.45, 2.75) is 27.7 Å². The van der Waals surface area contributed by atoms with Crippen LogP contribution in [0.1, 0.15) is 46.2 Å². The van der Waals surface area contributed by atoms with Crippen LogP contribution in [0.3, 0.4) is 0 Å². The van der Waals surface area contributed by atoms with Gasteiger partial charge in [0.15, 0.2) is 0 Å². The van der Waals surface area contributed by atoms with Crippen molar-refractivity contribution in [2.24, 2.45) is 0 Å². The number of halogens is 2. The van der Waals surface area contributed by atoms with Gasteiger partial charge in [-0.15, -0.1) is 0 Å². The second-order valence-electron chi connectivity index (χ2n) is 7.42. The van der Waals surface area contributed by atoms with Crippen LogP contribution in [0.5, 0.6) is 0 Å². The molecule has 12 heteroatoms. The minimum absolute atomic E-state index is 0.00612. The molecule has 0 bridgehead atoms. The molecule has 2 heterocycles. The second kappa shape index (κ2) is 8.81. The van der Waals surface area contributed by atoms with Gasteiger partial charge in [0, 0.05) is 35.8 Å². The highest BCUT2D eigenvalue weighted by Gasteiger charge is 2.25. The topological polar surface area (TPSA) is 136 Å². The molecule has 0 radical (unpaired) electrons. The molecule has 0 amide bonds. The van der Waals surface area contributed by atoms with Crippen molar-refractivity contribution in [3.8, 4) is 0 Å². The van der Waals surface area contributed by atoms with Crippen LogP contribution in [0.25, 0.3) is 22.1 Å². The summed E-state index contributed by atoms with van der Waals surface area (Å²) < 4.78 is 27.6. The Morgan fingerprint density at radius 2 is 1.18 bits per heavy atom. The second-order valence-corrected chi connectivity index (χ2v) is 7.42. The van der Waals surface area contributed by atoms with Crippen LogP contribution in [0.2, 0.25) is 0 Å². The number of nitrogens with zero attached hydrogens (tertiary/aromatic N) is 4. The summed E-state index contributed by atoms with van der Waals surface area (Å²) in [6.45, 7) is 5.11. The van der Waals surface area contributed by atoms with Crippen molar-refractivity contribution >= 4 is 33.6 Å². The average molecular weight is 472 g/mol. The first-order valence-corrected chi connectivity index (χ1v) is 9.78. The predicted octanol–water partition coefficient (Wildman–Crippen LogP) is 3.10. The van der Waals surface area contributed by atoms with Gasteiger partial charge in [0.05, 0.1) is 26.3 Å². The van der Waals surface area contributed by atoms with E-state index >= 15 is 0 Å². The monoisotopic (exact) mass is 472 g/mol. The molecule has 2 aromatic carbocycles. The number of fused-ring (bicyclic) bond motifs is 2. The molecule has 0 saturated heterocycles. The first kappa shape index (κ1) is 24.2. The normalized spacial score (nSPS) is 10.8. The molecule has 0 saturated carbocycles. The minimum Gasteiger partial charge on any atom is -0.805 e. The molecular formula is C22H18F2N4O6. The quantitative estimate of drug-likeness (QED) is 0.325. The molecule has 0 aliphatic rings. The van der Waals surface area contributed by atoms with Crippen LogP contribution in [0, 0.1) is 45.7 Å². The molecule has 0 unspecified atom stereocenters. The zero-order chi connectivity index (χ0) is 25.5. The van der Waals surface area contributed by atoms with Gasteiger partial charge in [-0.2, -0.15) is 0 Å². The van der Waals surface area contributed by atoms with E-state index in [4.69, 9.17) is 0 Å². The van der Waals surface area contributed by atoms with Crippen molar-refractivity contribution < 1.29 is 27.2 Å². The number of carbonyl (C=O) groups is 2. The van der Waals surface area contributed by atoms with E-state index in [-0.39, 0.29) is 44.8 Å². The number of Topliss-reactive ketones (excluding diaryl/α,β-unsaturated/α-hetero) is 2. The van der Waals surface area contributed by atoms with Gasteiger partial charge in [-0.25, -0.2) is 8.78 Å². The number of ketones is 2. The van der Waals surface area contributed by atoms with Gasteiger partial charge in [-0.1, -0.05) is 0 Å². The van der Waals surface area contributed by atoms with Gasteiger partial charge in [0.1, 0.15) is 22.7 Å². The third-order valence-electron chi connectivity index (χ3n) is 5.12. The van der Waals surface area contributed by atoms with E-state index in [1.54, 1.807) is 0 Å². The lowest BCUT2D eigenvalue weighted by atomic mass is 10.2. The molecular weight excluding hydrogens is 454 g/mol. The van der Waals surface area contributed by atoms with Crippen LogP contribution >= 0.6 is 0 Å². The fourth-order valence-corrected chi connectivity index (χ4v) is 3.55. The van der Waals surface area contributed by atoms with Gasteiger partial charge in [-0.3, -0.25) is 9.59 Å². The molecule has 0 atom stereocenters. The van der Waals surface area contributed by atoms with Gasteiger partial charge >= 0.3 is 11.4 Å². The first-order valence-electron chi connectivity index (χ1n) is 9.78. The Labute approximate surface area is 189 Å². The van der Waals surface area contributed by atoms with E-state index < -0.39 is 23.2 Å². The van der Waals surface area contributed by atoms with Gasteiger partial charge in [0.2, 0.25) is 11.6 Å². The van der Waals surface area contributed by atoms with E-state index in [1.807, 2.05) is 0 Å². The van der Waals surface area contributed by atoms with E-state index in [0.717, 1.165) is 24.3 Å². The number of carbonyl (C=O) groups excluding carboxylic acids is 2. The van der Waals surface area contributed by atoms with Crippen LogP contribution in [-0.4, -0.2) is 21.0 Å². The van der Waals surface area contributed by atoms with Crippen LogP contribution < -0.4 is 8.85 Å². The molecule has 0 aliphatic heterocycles. The summed E-state index contributed by atoms with van der Waals surface area (Å²) in [6.07, 6.45) is 0.